The molecule has 360 valence electrons. The Hall–Kier alpha value is -2.86. The summed E-state index contributed by atoms with van der Waals surface area (Å²) in [6, 6.07) is 0. The Morgan fingerprint density at radius 3 is 1.63 bits per heavy atom. The molecule has 2 unspecified atom stereocenters. The van der Waals surface area contributed by atoms with Gasteiger partial charge in [-0.05, 0) is 56.6 Å². The number of hydrogen-bond donors (Lipinski definition) is 3. The highest BCUT2D eigenvalue weighted by Gasteiger charge is 2.42. The van der Waals surface area contributed by atoms with Gasteiger partial charge in [-0.1, -0.05) is 144 Å². The summed E-state index contributed by atoms with van der Waals surface area (Å²) in [5.41, 5.74) is 4.85. The Kier molecular flexibility index (Phi) is 48.7. The third kappa shape index (κ3) is 37.7. The van der Waals surface area contributed by atoms with Crippen LogP contribution < -0.4 is 11.1 Å². The van der Waals surface area contributed by atoms with E-state index in [0.717, 1.165) is 56.7 Å². The second-order valence-corrected chi connectivity index (χ2v) is 17.9. The molecule has 0 aliphatic carbocycles. The molecular weight excluding hydrogens is 825 g/mol. The van der Waals surface area contributed by atoms with Crippen molar-refractivity contribution in [2.75, 3.05) is 24.6 Å². The van der Waals surface area contributed by atoms with E-state index >= 15 is 0 Å². The lowest BCUT2D eigenvalue weighted by atomic mass is 10.1. The first-order chi connectivity index (χ1) is 29.9. The zero-order valence-corrected chi connectivity index (χ0v) is 41.5. The second-order valence-electron chi connectivity index (χ2n) is 15.3. The molecule has 2 rings (SSSR count). The first-order valence-corrected chi connectivity index (χ1v) is 25.9. The number of allylic oxidation sites excluding steroid dienone is 1. The molecule has 0 aromatic carbocycles. The van der Waals surface area contributed by atoms with E-state index in [2.05, 4.69) is 52.4 Å². The Morgan fingerprint density at radius 2 is 1.19 bits per heavy atom. The van der Waals surface area contributed by atoms with Crippen LogP contribution in [0.3, 0.4) is 0 Å². The average molecular weight is 913 g/mol. The van der Waals surface area contributed by atoms with Gasteiger partial charge in [0.2, 0.25) is 5.91 Å². The smallest absolute Gasteiger partial charge is 0.333 e. The molecule has 0 aromatic heterocycles. The van der Waals surface area contributed by atoms with E-state index in [1.165, 1.54) is 113 Å². The third-order valence-electron chi connectivity index (χ3n) is 9.29. The molecule has 2 heterocycles. The molecule has 2 fully saturated rings. The average Bonchev–Trinajstić information content (AvgIpc) is 3.66. The van der Waals surface area contributed by atoms with E-state index in [4.69, 9.17) is 22.2 Å². The molecule has 2 saturated heterocycles. The van der Waals surface area contributed by atoms with Gasteiger partial charge in [0.05, 0.1) is 23.3 Å². The molecule has 0 spiro atoms. The van der Waals surface area contributed by atoms with Gasteiger partial charge in [-0.2, -0.15) is 5.06 Å². The van der Waals surface area contributed by atoms with Gasteiger partial charge in [0.1, 0.15) is 0 Å². The van der Waals surface area contributed by atoms with Crippen LogP contribution in [0.25, 0.3) is 0 Å². The number of thioether (sulfide) groups is 2. The van der Waals surface area contributed by atoms with Gasteiger partial charge in [0, 0.05) is 25.8 Å². The summed E-state index contributed by atoms with van der Waals surface area (Å²) in [6.07, 6.45) is 32.7. The van der Waals surface area contributed by atoms with Crippen LogP contribution in [0.1, 0.15) is 208 Å². The number of hydroxylamine groups is 4. The van der Waals surface area contributed by atoms with E-state index in [1.54, 1.807) is 6.08 Å². The number of nitrogens with two attached hydrogens (primary N) is 1. The Balaban J connectivity index is -0.000000790. The van der Waals surface area contributed by atoms with E-state index in [1.807, 2.05) is 6.92 Å². The van der Waals surface area contributed by atoms with Crippen LogP contribution >= 0.6 is 23.5 Å². The number of carbonyl (C=O) groups is 6. The number of terminal acetylenes is 1. The summed E-state index contributed by atoms with van der Waals surface area (Å²) in [4.78, 5) is 74.1. The minimum absolute atomic E-state index is 0.123. The molecule has 5 amide bonds. The molecule has 12 nitrogen and oxygen atoms in total. The topological polar surface area (TPSA) is 176 Å². The predicted octanol–water partition coefficient (Wildman–Crippen LogP) is 10.9. The lowest BCUT2D eigenvalue weighted by molar-refractivity contribution is -0.197. The fourth-order valence-corrected chi connectivity index (χ4v) is 7.99. The van der Waals surface area contributed by atoms with Gasteiger partial charge in [-0.25, -0.2) is 4.79 Å². The molecule has 0 aromatic rings. The lowest BCUT2D eigenvalue weighted by Gasteiger charge is -2.13. The zero-order valence-electron chi connectivity index (χ0n) is 39.8. The van der Waals surface area contributed by atoms with Crippen molar-refractivity contribution in [2.45, 2.75) is 219 Å². The molecule has 4 N–H and O–H groups in total. The van der Waals surface area contributed by atoms with Crippen LogP contribution in [0, 0.1) is 12.3 Å². The number of unbranched alkanes of at least 4 members (excludes halogenated alkanes) is 16. The van der Waals surface area contributed by atoms with Crippen molar-refractivity contribution in [1.82, 2.24) is 15.4 Å². The summed E-state index contributed by atoms with van der Waals surface area (Å²) in [6.45, 7) is 18.0. The molecule has 14 heteroatoms. The fraction of sp³-hybridized carbons (Fsp3) is 0.792. The standard InChI is InChI=1S/C17H27NO4S.C13H23NO.C11H19NO3S.C5H12.C2H7N/c1-3-5-7-8-10-12-23-14-13-15(19)18(17(14)21)22-16(20)11-9-6-4-2;1-3-5-7-8-10-12-14-13(15)11-9-6-4-2;1-2-3-4-5-6-7-16-9-8-10(13)12(15)11(9)14;1-3-5-4-2;1-2-3/h4,14H,2-3,5-13H2,1H3;2H,3,5-12H2,1H3,(H,14,15);9,15H,2-8H2,1H3;3-5H2,1-2H3;2-3H2,1H3. The summed E-state index contributed by atoms with van der Waals surface area (Å²) >= 11 is 2.98. The highest BCUT2D eigenvalue weighted by Crippen LogP contribution is 2.27. The maximum Gasteiger partial charge on any atom is 0.333 e. The van der Waals surface area contributed by atoms with E-state index in [9.17, 15) is 28.8 Å². The number of nitrogens with zero attached hydrogens (tertiary/aromatic N) is 2. The normalized spacial score (nSPS) is 15.2. The lowest BCUT2D eigenvalue weighted by Crippen LogP contribution is -2.34. The van der Waals surface area contributed by atoms with Crippen molar-refractivity contribution in [3.8, 4) is 12.3 Å². The van der Waals surface area contributed by atoms with Crippen molar-refractivity contribution in [1.29, 1.82) is 0 Å². The molecular formula is C48H88N4O8S2. The SMILES string of the molecule is C#CCCCC(=O)NCCCCCCC.C=CCCCC(=O)ON1C(=O)CC(SCCCCCCC)C1=O.CCCCC.CCCCCCCSC1CC(=O)N(O)C1=O.CCN. The van der Waals surface area contributed by atoms with Crippen molar-refractivity contribution >= 4 is 59.0 Å². The second kappa shape index (κ2) is 47.6. The predicted molar refractivity (Wildman–Crippen MR) is 259 cm³/mol. The summed E-state index contributed by atoms with van der Waals surface area (Å²) < 4.78 is 0. The minimum Gasteiger partial charge on any atom is -0.356 e. The van der Waals surface area contributed by atoms with Crippen molar-refractivity contribution < 1.29 is 38.8 Å². The summed E-state index contributed by atoms with van der Waals surface area (Å²) in [5.74, 6) is 2.12. The van der Waals surface area contributed by atoms with Gasteiger partial charge in [-0.3, -0.25) is 29.2 Å². The highest BCUT2D eigenvalue weighted by atomic mass is 32.2. The number of amides is 5. The quantitative estimate of drug-likeness (QED) is 0.0205. The van der Waals surface area contributed by atoms with Gasteiger partial charge in [0.15, 0.2) is 0 Å². The number of rotatable bonds is 30. The summed E-state index contributed by atoms with van der Waals surface area (Å²) in [7, 11) is 0. The molecule has 2 aliphatic heterocycles. The molecule has 0 bridgehead atoms. The van der Waals surface area contributed by atoms with Crippen molar-refractivity contribution in [3.05, 3.63) is 12.7 Å². The number of hydrogen-bond acceptors (Lipinski definition) is 11. The molecule has 2 aliphatic rings. The fourth-order valence-electron chi connectivity index (χ4n) is 5.68. The third-order valence-corrected chi connectivity index (χ3v) is 11.9. The Morgan fingerprint density at radius 1 is 0.726 bits per heavy atom. The number of nitrogens with one attached hydrogen (secondary N) is 1. The Labute approximate surface area is 386 Å². The maximum absolute atomic E-state index is 12.1. The molecule has 0 saturated carbocycles. The molecule has 2 atom stereocenters. The first kappa shape index (κ1) is 63.4. The van der Waals surface area contributed by atoms with Gasteiger partial charge in [-0.15, -0.1) is 47.5 Å². The van der Waals surface area contributed by atoms with E-state index in [-0.39, 0.29) is 35.5 Å². The van der Waals surface area contributed by atoms with E-state index < -0.39 is 34.8 Å². The summed E-state index contributed by atoms with van der Waals surface area (Å²) in [5, 5.41) is 12.1. The molecule has 0 radical (unpaired) electrons. The largest absolute Gasteiger partial charge is 0.356 e. The Bertz CT molecular complexity index is 1210. The zero-order chi connectivity index (χ0) is 47.2. The van der Waals surface area contributed by atoms with Gasteiger partial charge < -0.3 is 15.9 Å². The van der Waals surface area contributed by atoms with Crippen molar-refractivity contribution in [3.63, 3.8) is 0 Å². The molecule has 62 heavy (non-hydrogen) atoms. The monoisotopic (exact) mass is 913 g/mol. The van der Waals surface area contributed by atoms with Gasteiger partial charge >= 0.3 is 5.97 Å². The van der Waals surface area contributed by atoms with Crippen LogP contribution in [-0.4, -0.2) is 85.9 Å². The number of carbonyl (C=O) groups excluding carboxylic acids is 6. The minimum atomic E-state index is -0.543. The van der Waals surface area contributed by atoms with Crippen LogP contribution in [0.2, 0.25) is 0 Å². The van der Waals surface area contributed by atoms with Crippen molar-refractivity contribution in [2.24, 2.45) is 5.73 Å². The highest BCUT2D eigenvalue weighted by molar-refractivity contribution is 8.00. The number of imide groups is 2. The van der Waals surface area contributed by atoms with Crippen LogP contribution in [0.4, 0.5) is 0 Å². The van der Waals surface area contributed by atoms with Crippen LogP contribution in [-0.2, 0) is 33.6 Å². The van der Waals surface area contributed by atoms with Crippen LogP contribution in [0.15, 0.2) is 12.7 Å². The first-order valence-electron chi connectivity index (χ1n) is 23.8. The van der Waals surface area contributed by atoms with Crippen LogP contribution in [0.5, 0.6) is 0 Å². The van der Waals surface area contributed by atoms with Gasteiger partial charge in [0.25, 0.3) is 23.6 Å². The van der Waals surface area contributed by atoms with E-state index in [0.29, 0.717) is 30.7 Å². The maximum atomic E-state index is 12.1.